The SMILES string of the molecule is CNCCOC(=O)Nc1ncnc2c1ncn2[C@H]1CC[C@@H](CO[P+](=O)O)O1. The zero-order valence-electron chi connectivity index (χ0n) is 14.6. The van der Waals surface area contributed by atoms with Gasteiger partial charge in [0.05, 0.1) is 12.4 Å². The van der Waals surface area contributed by atoms with E-state index in [4.69, 9.17) is 18.9 Å². The average molecular weight is 399 g/mol. The predicted octanol–water partition coefficient (Wildman–Crippen LogP) is 0.938. The quantitative estimate of drug-likeness (QED) is 0.432. The fourth-order valence-electron chi connectivity index (χ4n) is 2.69. The van der Waals surface area contributed by atoms with Gasteiger partial charge in [-0.2, -0.15) is 0 Å². The van der Waals surface area contributed by atoms with Gasteiger partial charge < -0.3 is 14.8 Å². The Morgan fingerprint density at radius 2 is 2.30 bits per heavy atom. The van der Waals surface area contributed by atoms with E-state index in [1.54, 1.807) is 17.9 Å². The zero-order chi connectivity index (χ0) is 19.2. The number of hydrogen-bond donors (Lipinski definition) is 3. The lowest BCUT2D eigenvalue weighted by atomic mass is 10.2. The van der Waals surface area contributed by atoms with Gasteiger partial charge in [-0.25, -0.2) is 19.7 Å². The predicted molar refractivity (Wildman–Crippen MR) is 93.1 cm³/mol. The minimum Gasteiger partial charge on any atom is -0.448 e. The Morgan fingerprint density at radius 3 is 3.07 bits per heavy atom. The van der Waals surface area contributed by atoms with Crippen molar-refractivity contribution < 1.29 is 28.3 Å². The van der Waals surface area contributed by atoms with Crippen molar-refractivity contribution in [2.24, 2.45) is 0 Å². The fraction of sp³-hybridized carbons (Fsp3) is 0.571. The van der Waals surface area contributed by atoms with Crippen LogP contribution in [-0.2, 0) is 18.6 Å². The van der Waals surface area contributed by atoms with Crippen LogP contribution < -0.4 is 10.6 Å². The fourth-order valence-corrected chi connectivity index (χ4v) is 2.99. The summed E-state index contributed by atoms with van der Waals surface area (Å²) in [6.07, 6.45) is 2.94. The zero-order valence-corrected chi connectivity index (χ0v) is 15.5. The highest BCUT2D eigenvalue weighted by Gasteiger charge is 2.31. The lowest BCUT2D eigenvalue weighted by Gasteiger charge is -2.13. The first-order chi connectivity index (χ1) is 13.1. The number of amides is 1. The average Bonchev–Trinajstić information content (AvgIpc) is 3.27. The van der Waals surface area contributed by atoms with Gasteiger partial charge in [-0.05, 0) is 19.9 Å². The summed E-state index contributed by atoms with van der Waals surface area (Å²) in [5, 5.41) is 5.42. The van der Waals surface area contributed by atoms with Crippen molar-refractivity contribution in [2.45, 2.75) is 25.2 Å². The van der Waals surface area contributed by atoms with Gasteiger partial charge in [-0.3, -0.25) is 9.88 Å². The normalized spacial score (nSPS) is 20.0. The number of nitrogens with one attached hydrogen (secondary N) is 2. The Morgan fingerprint density at radius 1 is 1.44 bits per heavy atom. The van der Waals surface area contributed by atoms with Crippen LogP contribution in [0.2, 0.25) is 0 Å². The minimum atomic E-state index is -2.65. The van der Waals surface area contributed by atoms with Gasteiger partial charge in [0.2, 0.25) is 0 Å². The third kappa shape index (κ3) is 4.93. The molecule has 2 aromatic rings. The number of nitrogens with zero attached hydrogens (tertiary/aromatic N) is 4. The van der Waals surface area contributed by atoms with Crippen LogP contribution >= 0.6 is 8.25 Å². The molecule has 1 fully saturated rings. The summed E-state index contributed by atoms with van der Waals surface area (Å²) in [5.41, 5.74) is 0.903. The van der Waals surface area contributed by atoms with E-state index in [-0.39, 0.29) is 31.4 Å². The topological polar surface area (TPSA) is 150 Å². The summed E-state index contributed by atoms with van der Waals surface area (Å²) >= 11 is 0. The Labute approximate surface area is 155 Å². The number of fused-ring (bicyclic) bond motifs is 1. The lowest BCUT2D eigenvalue weighted by molar-refractivity contribution is -0.0162. The van der Waals surface area contributed by atoms with Gasteiger partial charge in [0, 0.05) is 11.1 Å². The molecule has 146 valence electrons. The van der Waals surface area contributed by atoms with E-state index in [1.165, 1.54) is 6.33 Å². The van der Waals surface area contributed by atoms with E-state index in [1.807, 2.05) is 0 Å². The Bertz CT molecular complexity index is 816. The maximum atomic E-state index is 11.8. The van der Waals surface area contributed by atoms with Gasteiger partial charge in [0.1, 0.15) is 25.8 Å². The van der Waals surface area contributed by atoms with Crippen LogP contribution in [-0.4, -0.2) is 63.4 Å². The van der Waals surface area contributed by atoms with E-state index >= 15 is 0 Å². The third-order valence-electron chi connectivity index (χ3n) is 3.93. The Hall–Kier alpha value is -2.24. The first-order valence-corrected chi connectivity index (χ1v) is 9.42. The second kappa shape index (κ2) is 9.11. The van der Waals surface area contributed by atoms with Gasteiger partial charge in [0.25, 0.3) is 0 Å². The molecule has 1 saturated heterocycles. The minimum absolute atomic E-state index is 0.0368. The molecule has 3 rings (SSSR count). The van der Waals surface area contributed by atoms with Crippen molar-refractivity contribution in [1.82, 2.24) is 24.8 Å². The van der Waals surface area contributed by atoms with Crippen molar-refractivity contribution in [1.29, 1.82) is 0 Å². The van der Waals surface area contributed by atoms with E-state index in [2.05, 4.69) is 25.6 Å². The molecule has 3 atom stereocenters. The molecule has 1 aliphatic heterocycles. The van der Waals surface area contributed by atoms with Crippen LogP contribution in [0, 0.1) is 0 Å². The molecule has 12 nitrogen and oxygen atoms in total. The number of anilines is 1. The molecular weight excluding hydrogens is 379 g/mol. The number of rotatable bonds is 8. The number of imidazole rings is 1. The second-order valence-electron chi connectivity index (χ2n) is 5.73. The summed E-state index contributed by atoms with van der Waals surface area (Å²) in [4.78, 5) is 33.1. The van der Waals surface area contributed by atoms with Crippen molar-refractivity contribution in [3.05, 3.63) is 12.7 Å². The van der Waals surface area contributed by atoms with Crippen molar-refractivity contribution in [2.75, 3.05) is 32.1 Å². The molecule has 0 radical (unpaired) electrons. The summed E-state index contributed by atoms with van der Waals surface area (Å²) < 4.78 is 27.9. The van der Waals surface area contributed by atoms with Crippen LogP contribution in [0.4, 0.5) is 10.6 Å². The third-order valence-corrected chi connectivity index (χ3v) is 4.30. The summed E-state index contributed by atoms with van der Waals surface area (Å²) in [6, 6.07) is 0. The molecule has 0 spiro atoms. The Balaban J connectivity index is 1.68. The smallest absolute Gasteiger partial charge is 0.448 e. The molecule has 1 aliphatic rings. The van der Waals surface area contributed by atoms with Crippen molar-refractivity contribution in [3.8, 4) is 0 Å². The van der Waals surface area contributed by atoms with Gasteiger partial charge in [-0.1, -0.05) is 0 Å². The summed E-state index contributed by atoms with van der Waals surface area (Å²) in [7, 11) is -0.891. The van der Waals surface area contributed by atoms with Crippen LogP contribution in [0.5, 0.6) is 0 Å². The monoisotopic (exact) mass is 399 g/mol. The largest absolute Gasteiger partial charge is 0.694 e. The van der Waals surface area contributed by atoms with Crippen LogP contribution in [0.25, 0.3) is 11.2 Å². The van der Waals surface area contributed by atoms with Crippen LogP contribution in [0.3, 0.4) is 0 Å². The highest BCUT2D eigenvalue weighted by Crippen LogP contribution is 2.32. The number of hydrogen-bond acceptors (Lipinski definition) is 9. The molecule has 0 aliphatic carbocycles. The molecule has 27 heavy (non-hydrogen) atoms. The van der Waals surface area contributed by atoms with Crippen LogP contribution in [0.15, 0.2) is 12.7 Å². The van der Waals surface area contributed by atoms with E-state index < -0.39 is 14.3 Å². The van der Waals surface area contributed by atoms with E-state index in [9.17, 15) is 9.36 Å². The molecular formula is C14H20N6O6P+. The van der Waals surface area contributed by atoms with Crippen LogP contribution in [0.1, 0.15) is 19.1 Å². The molecule has 1 amide bonds. The maximum absolute atomic E-state index is 11.8. The number of likely N-dealkylation sites (N-methyl/N-ethyl adjacent to an activating group) is 1. The summed E-state index contributed by atoms with van der Waals surface area (Å²) in [5.74, 6) is 0.239. The summed E-state index contributed by atoms with van der Waals surface area (Å²) in [6.45, 7) is 0.800. The molecule has 0 aromatic carbocycles. The Kier molecular flexibility index (Phi) is 6.58. The maximum Gasteiger partial charge on any atom is 0.694 e. The molecule has 1 unspecified atom stereocenters. The molecule has 3 N–H and O–H groups in total. The van der Waals surface area contributed by atoms with Crippen molar-refractivity contribution >= 4 is 31.3 Å². The highest BCUT2D eigenvalue weighted by molar-refractivity contribution is 7.32. The first-order valence-electron chi connectivity index (χ1n) is 8.29. The first kappa shape index (κ1) is 19.5. The molecule has 2 aromatic heterocycles. The van der Waals surface area contributed by atoms with E-state index in [0.29, 0.717) is 30.6 Å². The number of ether oxygens (including phenoxy) is 2. The molecule has 0 saturated carbocycles. The molecule has 13 heteroatoms. The van der Waals surface area contributed by atoms with Gasteiger partial charge in [0.15, 0.2) is 17.0 Å². The highest BCUT2D eigenvalue weighted by atomic mass is 31.1. The van der Waals surface area contributed by atoms with Gasteiger partial charge >= 0.3 is 14.3 Å². The van der Waals surface area contributed by atoms with E-state index in [0.717, 1.165) is 0 Å². The lowest BCUT2D eigenvalue weighted by Crippen LogP contribution is -2.21. The van der Waals surface area contributed by atoms with Gasteiger partial charge in [-0.15, -0.1) is 9.42 Å². The molecule has 0 bridgehead atoms. The number of carbonyl (C=O) groups is 1. The van der Waals surface area contributed by atoms with Crippen molar-refractivity contribution in [3.63, 3.8) is 0 Å². The standard InChI is InChI=1S/C14H19N6O6P/c1-15-4-5-24-14(21)19-12-11-13(17-7-16-12)20(8-18-11)10-3-2-9(26-10)6-25-27(22)23/h7-10,15H,2-6H2,1H3,(H-,16,17,19,21,22,23)/p+1/t9-,10+/m0/s1. The number of carbonyl (C=O) groups excluding carboxylic acids is 1. The second-order valence-corrected chi connectivity index (χ2v) is 6.47. The number of aromatic nitrogens is 4. The molecule has 3 heterocycles.